The molecule has 9 aliphatic rings. The summed E-state index contributed by atoms with van der Waals surface area (Å²) in [5.74, 6) is 2.94. The van der Waals surface area contributed by atoms with E-state index >= 15 is 0 Å². The van der Waals surface area contributed by atoms with E-state index in [4.69, 9.17) is 0 Å². The van der Waals surface area contributed by atoms with E-state index in [-0.39, 0.29) is 10.8 Å². The van der Waals surface area contributed by atoms with Crippen LogP contribution in [-0.2, 0) is 10.8 Å². The van der Waals surface area contributed by atoms with Gasteiger partial charge in [-0.15, -0.1) is 0 Å². The zero-order valence-electron chi connectivity index (χ0n) is 27.3. The van der Waals surface area contributed by atoms with Crippen LogP contribution in [0.25, 0.3) is 0 Å². The Hall–Kier alpha value is -2.56. The number of likely N-dealkylation sites (N-methyl/N-ethyl adjacent to an activating group) is 2. The van der Waals surface area contributed by atoms with Gasteiger partial charge >= 0.3 is 0 Å². The molecular formula is C40H50N4+2. The molecule has 6 fully saturated rings. The monoisotopic (exact) mass is 586 g/mol. The Labute approximate surface area is 264 Å². The van der Waals surface area contributed by atoms with Gasteiger partial charge in [0.05, 0.1) is 63.2 Å². The standard InChI is InChI=1S/C40H50N4/c1-5-25-23-43(3)17-15-39-31-11-7-10-14-34(31)42-22-30-28-20-36-40(16-18-44(36,4)24-26(28)6-2)32-12-8-9-13-33(32)41(38(30)40)21-29(37(39)42)27(25)19-35(39)43/h7-14,21-22,25-28,35-38H,5-6,15-20,23-24H2,1-4H3/q+2/b29-21-,30-22?/t25-,26-,27+,28?,35+,36?,37+,38+,39-,40-,43?,44?/m1/s1. The van der Waals surface area contributed by atoms with Gasteiger partial charge in [0, 0.05) is 61.3 Å². The fraction of sp³-hybridized carbons (Fsp3) is 0.600. The molecule has 4 unspecified atom stereocenters. The van der Waals surface area contributed by atoms with Gasteiger partial charge in [0.25, 0.3) is 0 Å². The predicted molar refractivity (Wildman–Crippen MR) is 177 cm³/mol. The van der Waals surface area contributed by atoms with Gasteiger partial charge in [0.2, 0.25) is 0 Å². The molecule has 4 saturated heterocycles. The largest absolute Gasteiger partial charge is 0.339 e. The Bertz CT molecular complexity index is 1570. The normalized spacial score (nSPS) is 50.5. The van der Waals surface area contributed by atoms with E-state index < -0.39 is 0 Å². The molecule has 7 aliphatic heterocycles. The summed E-state index contributed by atoms with van der Waals surface area (Å²) in [5, 5.41) is 0. The molecule has 2 aliphatic carbocycles. The Morgan fingerprint density at radius 1 is 0.659 bits per heavy atom. The summed E-state index contributed by atoms with van der Waals surface area (Å²) in [5.41, 5.74) is 10.5. The Balaban J connectivity index is 1.23. The lowest BCUT2D eigenvalue weighted by molar-refractivity contribution is -0.933. The van der Waals surface area contributed by atoms with Crippen molar-refractivity contribution in [2.24, 2.45) is 23.7 Å². The van der Waals surface area contributed by atoms with Gasteiger partial charge in [-0.3, -0.25) is 0 Å². The van der Waals surface area contributed by atoms with E-state index in [0.717, 1.165) is 23.9 Å². The highest BCUT2D eigenvalue weighted by atomic mass is 15.4. The van der Waals surface area contributed by atoms with Crippen molar-refractivity contribution in [3.8, 4) is 0 Å². The first-order valence-corrected chi connectivity index (χ1v) is 18.3. The van der Waals surface area contributed by atoms with Crippen LogP contribution in [0.5, 0.6) is 0 Å². The number of anilines is 2. The molecule has 0 aromatic heterocycles. The number of piperidine rings is 2. The van der Waals surface area contributed by atoms with Crippen LogP contribution in [0.2, 0.25) is 0 Å². The van der Waals surface area contributed by atoms with Crippen molar-refractivity contribution in [3.05, 3.63) is 83.2 Å². The van der Waals surface area contributed by atoms with Crippen LogP contribution in [0.4, 0.5) is 11.4 Å². The third-order valence-corrected chi connectivity index (χ3v) is 16.2. The molecule has 2 saturated carbocycles. The van der Waals surface area contributed by atoms with E-state index in [2.05, 4.69) is 98.7 Å². The number of para-hydroxylation sites is 2. The maximum Gasteiger partial charge on any atom is 0.102 e. The molecule has 44 heavy (non-hydrogen) atoms. The van der Waals surface area contributed by atoms with Gasteiger partial charge in [0.1, 0.15) is 12.1 Å². The first-order chi connectivity index (χ1) is 21.4. The first-order valence-electron chi connectivity index (χ1n) is 18.3. The van der Waals surface area contributed by atoms with Crippen molar-refractivity contribution in [1.29, 1.82) is 0 Å². The lowest BCUT2D eigenvalue weighted by Crippen LogP contribution is -2.69. The van der Waals surface area contributed by atoms with Crippen LogP contribution >= 0.6 is 0 Å². The van der Waals surface area contributed by atoms with E-state index in [1.807, 2.05) is 0 Å². The summed E-state index contributed by atoms with van der Waals surface area (Å²) in [6, 6.07) is 21.9. The number of hydrogen-bond acceptors (Lipinski definition) is 2. The van der Waals surface area contributed by atoms with Crippen LogP contribution in [0.1, 0.15) is 63.5 Å². The zero-order valence-corrected chi connectivity index (χ0v) is 27.3. The van der Waals surface area contributed by atoms with Gasteiger partial charge < -0.3 is 18.8 Å². The fourth-order valence-corrected chi connectivity index (χ4v) is 14.6. The van der Waals surface area contributed by atoms with Gasteiger partial charge in [-0.1, -0.05) is 50.2 Å². The molecule has 0 amide bonds. The molecule has 2 aromatic carbocycles. The van der Waals surface area contributed by atoms with Crippen molar-refractivity contribution >= 4 is 11.4 Å². The molecule has 4 bridgehead atoms. The molecular weight excluding hydrogens is 536 g/mol. The SMILES string of the molecule is CC[C@@H]1C[N+]2(C)CC[C@@]34c5ccccc5N5/C=C6/[C@H]7C[C@H]8[C@@]9(CC[N+]8(C)C[C@H]7CC)c7ccccc7N(C=C(C1CC32)[C@H]54)[C@@H]69. The predicted octanol–water partition coefficient (Wildman–Crippen LogP) is 6.58. The fourth-order valence-electron chi connectivity index (χ4n) is 14.6. The molecule has 11 rings (SSSR count). The number of quaternary nitrogens is 2. The molecule has 2 aromatic rings. The van der Waals surface area contributed by atoms with E-state index in [1.165, 1.54) is 73.7 Å². The minimum atomic E-state index is 0.226. The summed E-state index contributed by atoms with van der Waals surface area (Å²) in [6.07, 6.45) is 13.7. The van der Waals surface area contributed by atoms with Crippen LogP contribution < -0.4 is 9.80 Å². The van der Waals surface area contributed by atoms with Gasteiger partial charge in [-0.25, -0.2) is 0 Å². The Morgan fingerprint density at radius 2 is 1.09 bits per heavy atom. The maximum atomic E-state index is 2.93. The van der Waals surface area contributed by atoms with Crippen molar-refractivity contribution < 1.29 is 8.97 Å². The molecule has 7 heterocycles. The lowest BCUT2D eigenvalue weighted by Gasteiger charge is -2.59. The molecule has 0 N–H and O–H groups in total. The summed E-state index contributed by atoms with van der Waals surface area (Å²) in [4.78, 5) is 5.87. The molecule has 12 atom stereocenters. The van der Waals surface area contributed by atoms with Crippen molar-refractivity contribution in [2.75, 3.05) is 50.1 Å². The third kappa shape index (κ3) is 2.54. The van der Waals surface area contributed by atoms with E-state index in [0.29, 0.717) is 23.9 Å². The third-order valence-electron chi connectivity index (χ3n) is 16.2. The number of hydrogen-bond donors (Lipinski definition) is 0. The molecule has 4 heteroatoms. The van der Waals surface area contributed by atoms with Gasteiger partial charge in [0.15, 0.2) is 0 Å². The highest BCUT2D eigenvalue weighted by Gasteiger charge is 2.75. The summed E-state index contributed by atoms with van der Waals surface area (Å²) < 4.78 is 2.60. The average molecular weight is 587 g/mol. The average Bonchev–Trinajstić information content (AvgIpc) is 3.71. The van der Waals surface area contributed by atoms with Gasteiger partial charge in [-0.05, 0) is 59.1 Å². The lowest BCUT2D eigenvalue weighted by atomic mass is 9.55. The molecule has 0 radical (unpaired) electrons. The first kappa shape index (κ1) is 25.6. The van der Waals surface area contributed by atoms with Crippen LogP contribution in [-0.4, -0.2) is 73.4 Å². The summed E-state index contributed by atoms with van der Waals surface area (Å²) >= 11 is 0. The minimum Gasteiger partial charge on any atom is -0.339 e. The number of benzene rings is 2. The van der Waals surface area contributed by atoms with E-state index in [9.17, 15) is 0 Å². The van der Waals surface area contributed by atoms with Crippen molar-refractivity contribution in [3.63, 3.8) is 0 Å². The second-order valence-electron chi connectivity index (χ2n) is 17.3. The van der Waals surface area contributed by atoms with E-state index in [1.54, 1.807) is 33.6 Å². The number of rotatable bonds is 2. The van der Waals surface area contributed by atoms with Crippen LogP contribution in [0.3, 0.4) is 0 Å². The van der Waals surface area contributed by atoms with Crippen molar-refractivity contribution in [2.45, 2.75) is 87.4 Å². The smallest absolute Gasteiger partial charge is 0.102 e. The second kappa shape index (κ2) is 7.86. The Kier molecular flexibility index (Phi) is 4.58. The second-order valence-corrected chi connectivity index (χ2v) is 17.3. The molecule has 2 spiro atoms. The highest BCUT2D eigenvalue weighted by molar-refractivity contribution is 5.76. The minimum absolute atomic E-state index is 0.226. The quantitative estimate of drug-likeness (QED) is 0.367. The van der Waals surface area contributed by atoms with Crippen LogP contribution in [0.15, 0.2) is 72.1 Å². The Morgan fingerprint density at radius 3 is 1.52 bits per heavy atom. The van der Waals surface area contributed by atoms with Crippen LogP contribution in [0, 0.1) is 23.7 Å². The summed E-state index contributed by atoms with van der Waals surface area (Å²) in [6.45, 7) is 10.4. The highest BCUT2D eigenvalue weighted by Crippen LogP contribution is 2.69. The zero-order chi connectivity index (χ0) is 29.4. The molecule has 4 nitrogen and oxygen atoms in total. The maximum absolute atomic E-state index is 2.93. The summed E-state index contributed by atoms with van der Waals surface area (Å²) in [7, 11) is 5.28. The molecule has 228 valence electrons. The number of nitrogens with zero attached hydrogens (tertiary/aromatic N) is 4. The number of fused-ring (bicyclic) bond motifs is 8. The van der Waals surface area contributed by atoms with Gasteiger partial charge in [-0.2, -0.15) is 0 Å². The topological polar surface area (TPSA) is 6.48 Å². The van der Waals surface area contributed by atoms with Crippen molar-refractivity contribution in [1.82, 2.24) is 0 Å².